The van der Waals surface area contributed by atoms with Crippen molar-refractivity contribution in [2.45, 2.75) is 31.0 Å². The molecule has 0 bridgehead atoms. The van der Waals surface area contributed by atoms with Gasteiger partial charge in [0.05, 0.1) is 0 Å². The predicted octanol–water partition coefficient (Wildman–Crippen LogP) is 3.25. The zero-order valence-electron chi connectivity index (χ0n) is 9.25. The van der Waals surface area contributed by atoms with Crippen LogP contribution in [0.2, 0.25) is 0 Å². The maximum atomic E-state index is 14.6. The molecule has 1 fully saturated rings. The first-order valence-electron chi connectivity index (χ1n) is 5.71. The van der Waals surface area contributed by atoms with Gasteiger partial charge in [0.2, 0.25) is 0 Å². The first-order chi connectivity index (χ1) is 8.08. The van der Waals surface area contributed by atoms with Gasteiger partial charge in [-0.25, -0.2) is 8.78 Å². The number of rotatable bonds is 1. The van der Waals surface area contributed by atoms with E-state index in [9.17, 15) is 8.78 Å². The molecule has 1 aliphatic carbocycles. The minimum Gasteiger partial charge on any atom is -0.455 e. The number of halogens is 2. The van der Waals surface area contributed by atoms with E-state index < -0.39 is 11.5 Å². The summed E-state index contributed by atoms with van der Waals surface area (Å²) in [6.07, 6.45) is 1.22. The lowest BCUT2D eigenvalue weighted by Crippen LogP contribution is -2.20. The third-order valence-corrected chi connectivity index (χ3v) is 3.43. The molecule has 0 radical (unpaired) electrons. The monoisotopic (exact) mass is 237 g/mol. The van der Waals surface area contributed by atoms with Crippen molar-refractivity contribution in [2.24, 2.45) is 5.73 Å². The summed E-state index contributed by atoms with van der Waals surface area (Å²) in [5, 5.41) is 0.595. The van der Waals surface area contributed by atoms with Crippen molar-refractivity contribution >= 4 is 11.0 Å². The molecule has 1 saturated carbocycles. The van der Waals surface area contributed by atoms with Crippen molar-refractivity contribution in [3.63, 3.8) is 0 Å². The Morgan fingerprint density at radius 2 is 2.24 bits per heavy atom. The average Bonchev–Trinajstić information content (AvgIpc) is 2.85. The minimum absolute atomic E-state index is 0.125. The number of hydrogen-bond acceptors (Lipinski definition) is 2. The number of furan rings is 1. The number of fused-ring (bicyclic) bond motifs is 1. The molecule has 0 spiro atoms. The van der Waals surface area contributed by atoms with E-state index in [1.807, 2.05) is 0 Å². The highest BCUT2D eigenvalue weighted by molar-refractivity contribution is 5.78. The summed E-state index contributed by atoms with van der Waals surface area (Å²) in [6.45, 7) is 0. The smallest absolute Gasteiger partial charge is 0.170 e. The van der Waals surface area contributed by atoms with Gasteiger partial charge in [-0.2, -0.15) is 0 Å². The van der Waals surface area contributed by atoms with Gasteiger partial charge in [-0.05, 0) is 25.0 Å². The first-order valence-corrected chi connectivity index (χ1v) is 5.71. The van der Waals surface area contributed by atoms with Crippen LogP contribution in [0.4, 0.5) is 8.78 Å². The molecule has 0 saturated heterocycles. The molecule has 1 aromatic carbocycles. The molecule has 2 atom stereocenters. The van der Waals surface area contributed by atoms with E-state index in [1.54, 1.807) is 18.2 Å². The summed E-state index contributed by atoms with van der Waals surface area (Å²) in [6, 6.07) is 6.04. The molecule has 1 aliphatic rings. The standard InChI is InChI=1S/C13H13F2NO/c14-10-3-1-2-8-6-11(17-12(8)10)13(15)5-4-9(16)7-13/h1-3,6,9H,4-5,7,16H2. The summed E-state index contributed by atoms with van der Waals surface area (Å²) >= 11 is 0. The molecule has 1 aromatic heterocycles. The Bertz CT molecular complexity index is 566. The van der Waals surface area contributed by atoms with E-state index >= 15 is 0 Å². The predicted molar refractivity (Wildman–Crippen MR) is 60.8 cm³/mol. The van der Waals surface area contributed by atoms with Crippen molar-refractivity contribution in [3.05, 3.63) is 35.8 Å². The fraction of sp³-hybridized carbons (Fsp3) is 0.385. The van der Waals surface area contributed by atoms with Crippen molar-refractivity contribution < 1.29 is 13.2 Å². The Balaban J connectivity index is 2.10. The fourth-order valence-electron chi connectivity index (χ4n) is 2.51. The van der Waals surface area contributed by atoms with Crippen LogP contribution in [0, 0.1) is 5.82 Å². The van der Waals surface area contributed by atoms with Gasteiger partial charge in [-0.1, -0.05) is 12.1 Å². The Labute approximate surface area is 97.4 Å². The van der Waals surface area contributed by atoms with Crippen LogP contribution in [0.25, 0.3) is 11.0 Å². The SMILES string of the molecule is NC1CCC(F)(c2cc3cccc(F)c3o2)C1. The van der Waals surface area contributed by atoms with Gasteiger partial charge in [0.25, 0.3) is 0 Å². The molecule has 90 valence electrons. The van der Waals surface area contributed by atoms with E-state index in [1.165, 1.54) is 6.07 Å². The van der Waals surface area contributed by atoms with Crippen LogP contribution < -0.4 is 5.73 Å². The molecule has 0 amide bonds. The number of para-hydroxylation sites is 1. The Hall–Kier alpha value is -1.42. The van der Waals surface area contributed by atoms with E-state index in [2.05, 4.69) is 0 Å². The molecule has 17 heavy (non-hydrogen) atoms. The normalized spacial score (nSPS) is 29.0. The minimum atomic E-state index is -1.54. The molecule has 2 aromatic rings. The van der Waals surface area contributed by atoms with Crippen molar-refractivity contribution in [1.82, 2.24) is 0 Å². The molecular formula is C13H13F2NO. The first kappa shape index (κ1) is 10.7. The summed E-state index contributed by atoms with van der Waals surface area (Å²) in [5.41, 5.74) is 4.30. The maximum absolute atomic E-state index is 14.6. The Morgan fingerprint density at radius 3 is 2.88 bits per heavy atom. The van der Waals surface area contributed by atoms with Gasteiger partial charge >= 0.3 is 0 Å². The van der Waals surface area contributed by atoms with Gasteiger partial charge in [-0.15, -0.1) is 0 Å². The van der Waals surface area contributed by atoms with Gasteiger partial charge in [-0.3, -0.25) is 0 Å². The third kappa shape index (κ3) is 1.63. The largest absolute Gasteiger partial charge is 0.455 e. The maximum Gasteiger partial charge on any atom is 0.170 e. The number of benzene rings is 1. The van der Waals surface area contributed by atoms with Crippen LogP contribution in [0.3, 0.4) is 0 Å². The van der Waals surface area contributed by atoms with Crippen molar-refractivity contribution in [2.75, 3.05) is 0 Å². The van der Waals surface area contributed by atoms with Crippen LogP contribution >= 0.6 is 0 Å². The zero-order valence-corrected chi connectivity index (χ0v) is 9.25. The highest BCUT2D eigenvalue weighted by Crippen LogP contribution is 2.43. The van der Waals surface area contributed by atoms with Gasteiger partial charge < -0.3 is 10.2 Å². The highest BCUT2D eigenvalue weighted by atomic mass is 19.1. The van der Waals surface area contributed by atoms with E-state index in [0.717, 1.165) is 0 Å². The fourth-order valence-corrected chi connectivity index (χ4v) is 2.51. The average molecular weight is 237 g/mol. The number of hydrogen-bond donors (Lipinski definition) is 1. The highest BCUT2D eigenvalue weighted by Gasteiger charge is 2.42. The summed E-state index contributed by atoms with van der Waals surface area (Å²) < 4.78 is 33.3. The second-order valence-corrected chi connectivity index (χ2v) is 4.74. The second-order valence-electron chi connectivity index (χ2n) is 4.74. The molecule has 3 rings (SSSR count). The van der Waals surface area contributed by atoms with Crippen molar-refractivity contribution in [1.29, 1.82) is 0 Å². The Morgan fingerprint density at radius 1 is 1.41 bits per heavy atom. The van der Waals surface area contributed by atoms with Gasteiger partial charge in [0.15, 0.2) is 17.1 Å². The second kappa shape index (κ2) is 3.53. The zero-order chi connectivity index (χ0) is 12.0. The summed E-state index contributed by atoms with van der Waals surface area (Å²) in [5.74, 6) is -0.259. The van der Waals surface area contributed by atoms with Gasteiger partial charge in [0.1, 0.15) is 5.76 Å². The number of nitrogens with two attached hydrogens (primary N) is 1. The lowest BCUT2D eigenvalue weighted by Gasteiger charge is -2.15. The van der Waals surface area contributed by atoms with Crippen LogP contribution in [0.15, 0.2) is 28.7 Å². The van der Waals surface area contributed by atoms with Crippen LogP contribution in [0.5, 0.6) is 0 Å². The summed E-state index contributed by atoms with van der Waals surface area (Å²) in [7, 11) is 0. The van der Waals surface area contributed by atoms with E-state index in [4.69, 9.17) is 10.2 Å². The van der Waals surface area contributed by atoms with E-state index in [-0.39, 0.29) is 23.8 Å². The lowest BCUT2D eigenvalue weighted by atomic mass is 10.0. The molecule has 2 N–H and O–H groups in total. The molecule has 4 heteroatoms. The van der Waals surface area contributed by atoms with Crippen molar-refractivity contribution in [3.8, 4) is 0 Å². The van der Waals surface area contributed by atoms with Crippen LogP contribution in [-0.4, -0.2) is 6.04 Å². The Kier molecular flexibility index (Phi) is 2.23. The quantitative estimate of drug-likeness (QED) is 0.826. The topological polar surface area (TPSA) is 39.2 Å². The van der Waals surface area contributed by atoms with Crippen LogP contribution in [-0.2, 0) is 5.67 Å². The van der Waals surface area contributed by atoms with Gasteiger partial charge in [0, 0.05) is 17.8 Å². The molecular weight excluding hydrogens is 224 g/mol. The lowest BCUT2D eigenvalue weighted by molar-refractivity contribution is 0.139. The van der Waals surface area contributed by atoms with Crippen LogP contribution in [0.1, 0.15) is 25.0 Å². The van der Waals surface area contributed by atoms with E-state index in [0.29, 0.717) is 18.2 Å². The molecule has 1 heterocycles. The number of alkyl halides is 1. The third-order valence-electron chi connectivity index (χ3n) is 3.43. The molecule has 2 nitrogen and oxygen atoms in total. The molecule has 2 unspecified atom stereocenters. The molecule has 0 aliphatic heterocycles. The summed E-state index contributed by atoms with van der Waals surface area (Å²) in [4.78, 5) is 0.